The van der Waals surface area contributed by atoms with Crippen LogP contribution in [0.25, 0.3) is 6.08 Å². The number of furan rings is 1. The first kappa shape index (κ1) is 21.7. The quantitative estimate of drug-likeness (QED) is 0.687. The van der Waals surface area contributed by atoms with E-state index in [4.69, 9.17) is 9.15 Å². The summed E-state index contributed by atoms with van der Waals surface area (Å²) in [6, 6.07) is 3.96. The van der Waals surface area contributed by atoms with Crippen molar-refractivity contribution < 1.29 is 18.7 Å². The lowest BCUT2D eigenvalue weighted by Crippen LogP contribution is -2.35. The van der Waals surface area contributed by atoms with Gasteiger partial charge in [0.05, 0.1) is 18.1 Å². The lowest BCUT2D eigenvalue weighted by atomic mass is 9.94. The van der Waals surface area contributed by atoms with E-state index in [-0.39, 0.29) is 18.1 Å². The molecule has 0 aromatic carbocycles. The molecular weight excluding hydrogens is 402 g/mol. The number of carbonyl (C=O) groups excluding carboxylic acids is 2. The maximum atomic E-state index is 12.3. The monoisotopic (exact) mass is 427 g/mol. The lowest BCUT2D eigenvalue weighted by Gasteiger charge is -2.26. The van der Waals surface area contributed by atoms with Gasteiger partial charge in [-0.1, -0.05) is 13.8 Å². The zero-order valence-electron chi connectivity index (χ0n) is 17.3. The number of nitrogens with one attached hydrogen (secondary N) is 1. The summed E-state index contributed by atoms with van der Waals surface area (Å²) >= 11 is 1.38. The van der Waals surface area contributed by atoms with Crippen molar-refractivity contribution in [3.8, 4) is 6.07 Å². The summed E-state index contributed by atoms with van der Waals surface area (Å²) in [4.78, 5) is 27.1. The summed E-state index contributed by atoms with van der Waals surface area (Å²) in [5.41, 5.74) is 2.23. The van der Waals surface area contributed by atoms with Gasteiger partial charge in [0.1, 0.15) is 17.2 Å². The predicted molar refractivity (Wildman–Crippen MR) is 115 cm³/mol. The Labute approximate surface area is 179 Å². The van der Waals surface area contributed by atoms with Crippen molar-refractivity contribution >= 4 is 34.4 Å². The maximum absolute atomic E-state index is 12.3. The number of fused-ring (bicyclic) bond motifs is 1. The van der Waals surface area contributed by atoms with E-state index in [9.17, 15) is 14.9 Å². The summed E-state index contributed by atoms with van der Waals surface area (Å²) < 4.78 is 10.6. The standard InChI is InChI=1S/C22H25N3O4S/c1-14(2)12-25(3)22(27)29-16-5-6-17-18(11-23)21(30-19(17)10-16)24-20(26)7-4-15-8-9-28-13-15/h4,7-9,13-14,16H,5-6,10,12H2,1-3H3,(H,24,26)/b7-4+. The highest BCUT2D eigenvalue weighted by atomic mass is 32.1. The van der Waals surface area contributed by atoms with Gasteiger partial charge in [-0.25, -0.2) is 4.79 Å². The van der Waals surface area contributed by atoms with Crippen LogP contribution in [0, 0.1) is 17.2 Å². The topological polar surface area (TPSA) is 95.6 Å². The van der Waals surface area contributed by atoms with Crippen molar-refractivity contribution in [1.82, 2.24) is 4.90 Å². The smallest absolute Gasteiger partial charge is 0.409 e. The molecule has 8 heteroatoms. The second kappa shape index (κ2) is 9.63. The Balaban J connectivity index is 1.66. The molecule has 0 spiro atoms. The van der Waals surface area contributed by atoms with Crippen LogP contribution in [-0.4, -0.2) is 36.6 Å². The Morgan fingerprint density at radius 1 is 1.50 bits per heavy atom. The number of nitriles is 1. The molecule has 0 saturated heterocycles. The zero-order chi connectivity index (χ0) is 21.7. The SMILES string of the molecule is CC(C)CN(C)C(=O)OC1CCc2c(sc(NC(=O)/C=C/c3ccoc3)c2C#N)C1. The summed E-state index contributed by atoms with van der Waals surface area (Å²) in [7, 11) is 1.74. The molecule has 0 fully saturated rings. The molecule has 2 aromatic rings. The number of rotatable bonds is 6. The maximum Gasteiger partial charge on any atom is 0.409 e. The van der Waals surface area contributed by atoms with Crippen LogP contribution in [0.3, 0.4) is 0 Å². The molecule has 3 rings (SSSR count). The number of hydrogen-bond acceptors (Lipinski definition) is 6. The van der Waals surface area contributed by atoms with Crippen molar-refractivity contribution in [1.29, 1.82) is 5.26 Å². The average molecular weight is 428 g/mol. The molecule has 1 aliphatic carbocycles. The van der Waals surface area contributed by atoms with Gasteiger partial charge in [-0.2, -0.15) is 5.26 Å². The third-order valence-electron chi connectivity index (χ3n) is 4.76. The van der Waals surface area contributed by atoms with Gasteiger partial charge in [-0.15, -0.1) is 11.3 Å². The zero-order valence-corrected chi connectivity index (χ0v) is 18.1. The number of hydrogen-bond donors (Lipinski definition) is 1. The molecule has 1 unspecified atom stereocenters. The number of anilines is 1. The van der Waals surface area contributed by atoms with Gasteiger partial charge < -0.3 is 19.4 Å². The molecule has 1 atom stereocenters. The fraction of sp³-hybridized carbons (Fsp3) is 0.409. The number of ether oxygens (including phenoxy) is 1. The van der Waals surface area contributed by atoms with Crippen molar-refractivity contribution in [2.24, 2.45) is 5.92 Å². The number of carbonyl (C=O) groups is 2. The van der Waals surface area contributed by atoms with Gasteiger partial charge in [0, 0.05) is 36.5 Å². The van der Waals surface area contributed by atoms with E-state index in [2.05, 4.69) is 11.4 Å². The Morgan fingerprint density at radius 2 is 2.30 bits per heavy atom. The molecule has 2 amide bonds. The fourth-order valence-corrected chi connectivity index (χ4v) is 4.68. The molecule has 2 heterocycles. The van der Waals surface area contributed by atoms with E-state index < -0.39 is 0 Å². The van der Waals surface area contributed by atoms with Crippen LogP contribution in [0.4, 0.5) is 9.80 Å². The molecule has 0 bridgehead atoms. The molecule has 2 aromatic heterocycles. The average Bonchev–Trinajstić information content (AvgIpc) is 3.32. The van der Waals surface area contributed by atoms with Gasteiger partial charge in [-0.3, -0.25) is 4.79 Å². The summed E-state index contributed by atoms with van der Waals surface area (Å²) in [5.74, 6) is 0.0503. The molecule has 1 N–H and O–H groups in total. The lowest BCUT2D eigenvalue weighted by molar-refractivity contribution is -0.111. The molecule has 0 radical (unpaired) electrons. The highest BCUT2D eigenvalue weighted by Crippen LogP contribution is 2.38. The van der Waals surface area contributed by atoms with Crippen molar-refractivity contribution in [2.45, 2.75) is 39.2 Å². The fourth-order valence-electron chi connectivity index (χ4n) is 3.41. The van der Waals surface area contributed by atoms with Gasteiger partial charge in [0.25, 0.3) is 0 Å². The molecule has 7 nitrogen and oxygen atoms in total. The van der Waals surface area contributed by atoms with E-state index in [1.54, 1.807) is 24.1 Å². The van der Waals surface area contributed by atoms with Crippen LogP contribution in [0.15, 0.2) is 29.1 Å². The molecule has 1 aliphatic rings. The highest BCUT2D eigenvalue weighted by Gasteiger charge is 2.29. The van der Waals surface area contributed by atoms with Crippen LogP contribution in [0.2, 0.25) is 0 Å². The minimum absolute atomic E-state index is 0.227. The van der Waals surface area contributed by atoms with E-state index in [0.29, 0.717) is 42.3 Å². The van der Waals surface area contributed by atoms with Gasteiger partial charge in [0.2, 0.25) is 5.91 Å². The Hall–Kier alpha value is -3.05. The van der Waals surface area contributed by atoms with Crippen molar-refractivity contribution in [3.63, 3.8) is 0 Å². The minimum Gasteiger partial charge on any atom is -0.472 e. The third-order valence-corrected chi connectivity index (χ3v) is 5.93. The molecule has 0 saturated carbocycles. The molecular formula is C22H25N3O4S. The first-order valence-corrected chi connectivity index (χ1v) is 10.7. The van der Waals surface area contributed by atoms with E-state index in [0.717, 1.165) is 16.0 Å². The van der Waals surface area contributed by atoms with Gasteiger partial charge >= 0.3 is 6.09 Å². The predicted octanol–water partition coefficient (Wildman–Crippen LogP) is 4.45. The first-order chi connectivity index (χ1) is 14.4. The molecule has 0 aliphatic heterocycles. The minimum atomic E-state index is -0.327. The van der Waals surface area contributed by atoms with Crippen LogP contribution in [-0.2, 0) is 22.4 Å². The number of amides is 2. The largest absolute Gasteiger partial charge is 0.472 e. The van der Waals surface area contributed by atoms with Crippen LogP contribution in [0.5, 0.6) is 0 Å². The van der Waals surface area contributed by atoms with Crippen LogP contribution in [0.1, 0.15) is 41.8 Å². The Bertz CT molecular complexity index is 969. The van der Waals surface area contributed by atoms with Gasteiger partial charge in [0.15, 0.2) is 0 Å². The summed E-state index contributed by atoms with van der Waals surface area (Å²) in [6.45, 7) is 4.73. The van der Waals surface area contributed by atoms with Gasteiger partial charge in [-0.05, 0) is 36.5 Å². The Kier molecular flexibility index (Phi) is 6.95. The second-order valence-corrected chi connectivity index (χ2v) is 8.83. The van der Waals surface area contributed by atoms with Crippen LogP contribution < -0.4 is 5.32 Å². The normalized spacial score (nSPS) is 15.6. The molecule has 30 heavy (non-hydrogen) atoms. The van der Waals surface area contributed by atoms with Crippen LogP contribution >= 0.6 is 11.3 Å². The number of thiophene rings is 1. The van der Waals surface area contributed by atoms with E-state index >= 15 is 0 Å². The second-order valence-electron chi connectivity index (χ2n) is 7.72. The van der Waals surface area contributed by atoms with Crippen molar-refractivity contribution in [3.05, 3.63) is 46.2 Å². The Morgan fingerprint density at radius 3 is 2.97 bits per heavy atom. The third kappa shape index (κ3) is 5.30. The molecule has 158 valence electrons. The van der Waals surface area contributed by atoms with Crippen molar-refractivity contribution in [2.75, 3.05) is 18.9 Å². The first-order valence-electron chi connectivity index (χ1n) is 9.85. The number of nitrogens with zero attached hydrogens (tertiary/aromatic N) is 2. The summed E-state index contributed by atoms with van der Waals surface area (Å²) in [6.07, 6.45) is 7.41. The van der Waals surface area contributed by atoms with E-state index in [1.165, 1.54) is 29.9 Å². The van der Waals surface area contributed by atoms with E-state index in [1.807, 2.05) is 13.8 Å². The highest BCUT2D eigenvalue weighted by molar-refractivity contribution is 7.16. The summed E-state index contributed by atoms with van der Waals surface area (Å²) in [5, 5.41) is 12.9.